The van der Waals surface area contributed by atoms with Gasteiger partial charge in [-0.25, -0.2) is 0 Å². The fourth-order valence-corrected chi connectivity index (χ4v) is 2.25. The van der Waals surface area contributed by atoms with Crippen molar-refractivity contribution in [3.05, 3.63) is 70.7 Å². The molecular formula is C16H15ClF3N. The lowest BCUT2D eigenvalue weighted by atomic mass is 10.0. The van der Waals surface area contributed by atoms with Crippen molar-refractivity contribution in [2.45, 2.75) is 25.2 Å². The van der Waals surface area contributed by atoms with Gasteiger partial charge < -0.3 is 0 Å². The second kappa shape index (κ2) is 6.50. The lowest BCUT2D eigenvalue weighted by Gasteiger charge is -2.26. The molecule has 0 aliphatic rings. The largest absolute Gasteiger partial charge is 0.407 e. The Labute approximate surface area is 126 Å². The van der Waals surface area contributed by atoms with E-state index < -0.39 is 18.3 Å². The molecule has 0 saturated carbocycles. The summed E-state index contributed by atoms with van der Waals surface area (Å²) in [7, 11) is 0. The molecule has 0 fully saturated rings. The van der Waals surface area contributed by atoms with E-state index in [9.17, 15) is 13.2 Å². The van der Waals surface area contributed by atoms with E-state index in [1.54, 1.807) is 49.4 Å². The molecule has 0 aliphatic heterocycles. The molecule has 1 nitrogen and oxygen atoms in total. The number of alkyl halides is 3. The monoisotopic (exact) mass is 313 g/mol. The van der Waals surface area contributed by atoms with Crippen LogP contribution in [0, 0.1) is 0 Å². The molecule has 5 heteroatoms. The quantitative estimate of drug-likeness (QED) is 0.808. The molecule has 1 N–H and O–H groups in total. The zero-order valence-corrected chi connectivity index (χ0v) is 12.1. The fourth-order valence-electron chi connectivity index (χ4n) is 2.12. The van der Waals surface area contributed by atoms with Gasteiger partial charge in [-0.3, -0.25) is 5.32 Å². The van der Waals surface area contributed by atoms with Crippen LogP contribution in [0.4, 0.5) is 13.2 Å². The predicted molar refractivity (Wildman–Crippen MR) is 78.2 cm³/mol. The molecule has 21 heavy (non-hydrogen) atoms. The second-order valence-corrected chi connectivity index (χ2v) is 5.26. The average Bonchev–Trinajstić information content (AvgIpc) is 2.45. The third-order valence-corrected chi connectivity index (χ3v) is 3.50. The highest BCUT2D eigenvalue weighted by Crippen LogP contribution is 2.34. The minimum absolute atomic E-state index is 0.200. The van der Waals surface area contributed by atoms with Gasteiger partial charge in [0.15, 0.2) is 0 Å². The SMILES string of the molecule is C[C@H](NC(c1ccccc1)C(F)(F)F)c1ccc(Cl)cc1. The summed E-state index contributed by atoms with van der Waals surface area (Å²) >= 11 is 5.79. The average molecular weight is 314 g/mol. The standard InChI is InChI=1S/C16H15ClF3N/c1-11(12-7-9-14(17)10-8-12)21-15(16(18,19)20)13-5-3-2-4-6-13/h2-11,15,21H,1H3/t11-,15?/m0/s1. The second-order valence-electron chi connectivity index (χ2n) is 4.83. The molecule has 2 aromatic carbocycles. The minimum atomic E-state index is -4.36. The molecule has 2 atom stereocenters. The van der Waals surface area contributed by atoms with Gasteiger partial charge in [0.2, 0.25) is 0 Å². The lowest BCUT2D eigenvalue weighted by Crippen LogP contribution is -2.35. The van der Waals surface area contributed by atoms with Gasteiger partial charge in [0.25, 0.3) is 0 Å². The maximum Gasteiger partial charge on any atom is 0.407 e. The summed E-state index contributed by atoms with van der Waals surface area (Å²) in [5.41, 5.74) is 0.954. The van der Waals surface area contributed by atoms with Crippen LogP contribution in [0.3, 0.4) is 0 Å². The van der Waals surface area contributed by atoms with Crippen LogP contribution in [0.2, 0.25) is 5.02 Å². The summed E-state index contributed by atoms with van der Waals surface area (Å²) in [5, 5.41) is 3.20. The number of benzene rings is 2. The van der Waals surface area contributed by atoms with Gasteiger partial charge in [-0.2, -0.15) is 13.2 Å². The van der Waals surface area contributed by atoms with Gasteiger partial charge >= 0.3 is 6.18 Å². The van der Waals surface area contributed by atoms with Crippen molar-refractivity contribution in [3.63, 3.8) is 0 Å². The molecule has 2 rings (SSSR count). The maximum absolute atomic E-state index is 13.3. The maximum atomic E-state index is 13.3. The van der Waals surface area contributed by atoms with Crippen LogP contribution < -0.4 is 5.32 Å². The Morgan fingerprint density at radius 2 is 1.48 bits per heavy atom. The zero-order valence-electron chi connectivity index (χ0n) is 11.4. The van der Waals surface area contributed by atoms with Crippen LogP contribution in [0.15, 0.2) is 54.6 Å². The van der Waals surface area contributed by atoms with Crippen molar-refractivity contribution in [1.29, 1.82) is 0 Å². The van der Waals surface area contributed by atoms with E-state index in [1.807, 2.05) is 0 Å². The molecule has 0 saturated heterocycles. The third kappa shape index (κ3) is 4.22. The molecule has 0 amide bonds. The van der Waals surface area contributed by atoms with Gasteiger partial charge in [0.05, 0.1) is 0 Å². The van der Waals surface area contributed by atoms with E-state index in [4.69, 9.17) is 11.6 Å². The van der Waals surface area contributed by atoms with Crippen molar-refractivity contribution >= 4 is 11.6 Å². The first-order valence-corrected chi connectivity index (χ1v) is 6.89. The Morgan fingerprint density at radius 3 is 2.00 bits per heavy atom. The third-order valence-electron chi connectivity index (χ3n) is 3.25. The first-order chi connectivity index (χ1) is 9.88. The van der Waals surface area contributed by atoms with Gasteiger partial charge in [-0.05, 0) is 30.2 Å². The first-order valence-electron chi connectivity index (χ1n) is 6.51. The number of halogens is 4. The summed E-state index contributed by atoms with van der Waals surface area (Å²) in [6.45, 7) is 1.70. The van der Waals surface area contributed by atoms with E-state index >= 15 is 0 Å². The van der Waals surface area contributed by atoms with Gasteiger partial charge in [-0.15, -0.1) is 0 Å². The van der Waals surface area contributed by atoms with Crippen LogP contribution in [-0.2, 0) is 0 Å². The van der Waals surface area contributed by atoms with E-state index in [1.165, 1.54) is 12.1 Å². The van der Waals surface area contributed by atoms with Crippen LogP contribution in [0.25, 0.3) is 0 Å². The molecule has 0 radical (unpaired) electrons. The number of rotatable bonds is 4. The zero-order chi connectivity index (χ0) is 15.5. The number of nitrogens with one attached hydrogen (secondary N) is 1. The summed E-state index contributed by atoms with van der Waals surface area (Å²) in [4.78, 5) is 0. The van der Waals surface area contributed by atoms with Gasteiger partial charge in [0.1, 0.15) is 6.04 Å². The van der Waals surface area contributed by atoms with Crippen molar-refractivity contribution in [2.75, 3.05) is 0 Å². The van der Waals surface area contributed by atoms with E-state index in [-0.39, 0.29) is 5.56 Å². The molecule has 0 bridgehead atoms. The fraction of sp³-hybridized carbons (Fsp3) is 0.250. The first kappa shape index (κ1) is 15.9. The highest BCUT2D eigenvalue weighted by atomic mass is 35.5. The van der Waals surface area contributed by atoms with E-state index in [0.29, 0.717) is 5.02 Å². The highest BCUT2D eigenvalue weighted by Gasteiger charge is 2.41. The highest BCUT2D eigenvalue weighted by molar-refractivity contribution is 6.30. The smallest absolute Gasteiger partial charge is 0.296 e. The molecule has 0 heterocycles. The van der Waals surface area contributed by atoms with Crippen molar-refractivity contribution < 1.29 is 13.2 Å². The van der Waals surface area contributed by atoms with Gasteiger partial charge in [-0.1, -0.05) is 54.1 Å². The van der Waals surface area contributed by atoms with Crippen LogP contribution >= 0.6 is 11.6 Å². The van der Waals surface area contributed by atoms with Crippen molar-refractivity contribution in [3.8, 4) is 0 Å². The molecule has 112 valence electrons. The Bertz CT molecular complexity index is 566. The number of hydrogen-bond donors (Lipinski definition) is 1. The van der Waals surface area contributed by atoms with Gasteiger partial charge in [0, 0.05) is 11.1 Å². The Kier molecular flexibility index (Phi) is 4.91. The molecule has 2 aromatic rings. The summed E-state index contributed by atoms with van der Waals surface area (Å²) in [6.07, 6.45) is -4.36. The Balaban J connectivity index is 2.21. The minimum Gasteiger partial charge on any atom is -0.296 e. The topological polar surface area (TPSA) is 12.0 Å². The summed E-state index contributed by atoms with van der Waals surface area (Å²) < 4.78 is 39.8. The predicted octanol–water partition coefficient (Wildman–Crippen LogP) is 5.29. The van der Waals surface area contributed by atoms with Crippen LogP contribution in [-0.4, -0.2) is 6.18 Å². The number of hydrogen-bond acceptors (Lipinski definition) is 1. The van der Waals surface area contributed by atoms with E-state index in [2.05, 4.69) is 5.32 Å². The molecule has 0 spiro atoms. The lowest BCUT2D eigenvalue weighted by molar-refractivity contribution is -0.159. The van der Waals surface area contributed by atoms with Crippen molar-refractivity contribution in [2.24, 2.45) is 0 Å². The summed E-state index contributed by atoms with van der Waals surface area (Å²) in [6, 6.07) is 12.5. The molecule has 1 unspecified atom stereocenters. The Hall–Kier alpha value is -1.52. The van der Waals surface area contributed by atoms with Crippen LogP contribution in [0.1, 0.15) is 30.1 Å². The molecular weight excluding hydrogens is 299 g/mol. The molecule has 0 aliphatic carbocycles. The summed E-state index contributed by atoms with van der Waals surface area (Å²) in [5.74, 6) is 0. The van der Waals surface area contributed by atoms with E-state index in [0.717, 1.165) is 5.56 Å². The Morgan fingerprint density at radius 1 is 0.905 bits per heavy atom. The van der Waals surface area contributed by atoms with Crippen LogP contribution in [0.5, 0.6) is 0 Å². The normalized spacial score (nSPS) is 14.7. The molecule has 0 aromatic heterocycles. The van der Waals surface area contributed by atoms with Crippen molar-refractivity contribution in [1.82, 2.24) is 5.32 Å².